The zero-order valence-corrected chi connectivity index (χ0v) is 20.9. The van der Waals surface area contributed by atoms with Crippen molar-refractivity contribution < 1.29 is 19.0 Å². The average molecular weight is 488 g/mol. The molecule has 2 aliphatic heterocycles. The number of nitrogens with zero attached hydrogens (tertiary/aromatic N) is 3. The van der Waals surface area contributed by atoms with Crippen LogP contribution in [-0.2, 0) is 4.74 Å². The van der Waals surface area contributed by atoms with Gasteiger partial charge in [-0.1, -0.05) is 17.7 Å². The highest BCUT2D eigenvalue weighted by Crippen LogP contribution is 2.48. The first-order chi connectivity index (χ1) is 16.1. The van der Waals surface area contributed by atoms with Crippen LogP contribution in [0.4, 0.5) is 22.2 Å². The van der Waals surface area contributed by atoms with Crippen LogP contribution in [0, 0.1) is 6.92 Å². The average Bonchev–Trinajstić information content (AvgIpc) is 3.07. The number of amides is 1. The van der Waals surface area contributed by atoms with Gasteiger partial charge in [-0.2, -0.15) is 4.98 Å². The first-order valence-corrected chi connectivity index (χ1v) is 11.6. The van der Waals surface area contributed by atoms with Gasteiger partial charge in [0.15, 0.2) is 11.5 Å². The maximum Gasteiger partial charge on any atom is 0.410 e. The summed E-state index contributed by atoms with van der Waals surface area (Å²) >= 11 is 6.91. The van der Waals surface area contributed by atoms with E-state index in [2.05, 4.69) is 20.6 Å². The van der Waals surface area contributed by atoms with Crippen LogP contribution in [0.15, 0.2) is 18.2 Å². The van der Waals surface area contributed by atoms with Crippen LogP contribution in [0.2, 0.25) is 5.02 Å². The van der Waals surface area contributed by atoms with E-state index in [1.165, 1.54) is 0 Å². The summed E-state index contributed by atoms with van der Waals surface area (Å²) in [6.07, 6.45) is 3.17. The summed E-state index contributed by atoms with van der Waals surface area (Å²) in [5, 5.41) is 6.73. The first kappa shape index (κ1) is 23.9. The highest BCUT2D eigenvalue weighted by Gasteiger charge is 2.28. The number of rotatable bonds is 4. The summed E-state index contributed by atoms with van der Waals surface area (Å²) in [4.78, 5) is 23.2. The van der Waals surface area contributed by atoms with Crippen LogP contribution < -0.4 is 20.1 Å². The number of nitrogens with one attached hydrogen (secondary N) is 2. The second-order valence-corrected chi connectivity index (χ2v) is 9.58. The van der Waals surface area contributed by atoms with E-state index < -0.39 is 5.60 Å². The second kappa shape index (κ2) is 9.58. The predicted molar refractivity (Wildman–Crippen MR) is 132 cm³/mol. The van der Waals surface area contributed by atoms with Gasteiger partial charge in [-0.25, -0.2) is 9.78 Å². The largest absolute Gasteiger partial charge is 0.453 e. The van der Waals surface area contributed by atoms with Crippen molar-refractivity contribution in [2.24, 2.45) is 0 Å². The topological polar surface area (TPSA) is 97.8 Å². The van der Waals surface area contributed by atoms with Crippen molar-refractivity contribution in [3.8, 4) is 11.5 Å². The highest BCUT2D eigenvalue weighted by atomic mass is 35.5. The molecule has 2 aliphatic rings. The summed E-state index contributed by atoms with van der Waals surface area (Å²) in [5.41, 5.74) is 2.63. The summed E-state index contributed by atoms with van der Waals surface area (Å²) in [7, 11) is 1.80. The number of hydrogen-bond acceptors (Lipinski definition) is 8. The molecule has 3 heterocycles. The van der Waals surface area contributed by atoms with E-state index in [1.54, 1.807) is 18.0 Å². The molecule has 0 radical (unpaired) electrons. The third-order valence-electron chi connectivity index (χ3n) is 5.36. The van der Waals surface area contributed by atoms with Crippen molar-refractivity contribution in [3.63, 3.8) is 0 Å². The lowest BCUT2D eigenvalue weighted by atomic mass is 9.99. The quantitative estimate of drug-likeness (QED) is 0.594. The van der Waals surface area contributed by atoms with Gasteiger partial charge in [0.2, 0.25) is 12.7 Å². The summed E-state index contributed by atoms with van der Waals surface area (Å²) in [6.45, 7) is 8.60. The van der Waals surface area contributed by atoms with Crippen LogP contribution in [0.1, 0.15) is 44.9 Å². The van der Waals surface area contributed by atoms with Gasteiger partial charge in [0.25, 0.3) is 0 Å². The molecule has 0 aliphatic carbocycles. The molecule has 2 aromatic rings. The molecule has 2 N–H and O–H groups in total. The van der Waals surface area contributed by atoms with Crippen molar-refractivity contribution in [1.29, 1.82) is 0 Å². The first-order valence-electron chi connectivity index (χ1n) is 11.2. The van der Waals surface area contributed by atoms with Crippen molar-refractivity contribution in [3.05, 3.63) is 34.5 Å². The van der Waals surface area contributed by atoms with Gasteiger partial charge in [0.1, 0.15) is 11.4 Å². The molecule has 0 atom stereocenters. The van der Waals surface area contributed by atoms with E-state index in [0.717, 1.165) is 29.7 Å². The van der Waals surface area contributed by atoms with Crippen molar-refractivity contribution in [2.45, 2.75) is 46.1 Å². The maximum atomic E-state index is 12.6. The van der Waals surface area contributed by atoms with Gasteiger partial charge >= 0.3 is 6.09 Å². The minimum Gasteiger partial charge on any atom is -0.453 e. The molecule has 9 nitrogen and oxygen atoms in total. The summed E-state index contributed by atoms with van der Waals surface area (Å²) in [5.74, 6) is 2.31. The fraction of sp³-hybridized carbons (Fsp3) is 0.458. The molecule has 34 heavy (non-hydrogen) atoms. The molecule has 0 spiro atoms. The lowest BCUT2D eigenvalue weighted by Crippen LogP contribution is -2.37. The van der Waals surface area contributed by atoms with Crippen molar-refractivity contribution in [2.75, 3.05) is 37.6 Å². The fourth-order valence-electron chi connectivity index (χ4n) is 3.86. The lowest BCUT2D eigenvalue weighted by molar-refractivity contribution is 0.0273. The van der Waals surface area contributed by atoms with Crippen LogP contribution in [0.3, 0.4) is 0 Å². The number of carbonyl (C=O) groups excluding carboxylic acids is 1. The van der Waals surface area contributed by atoms with Crippen molar-refractivity contribution >= 4 is 40.7 Å². The van der Waals surface area contributed by atoms with E-state index in [4.69, 9.17) is 25.8 Å². The van der Waals surface area contributed by atoms with Gasteiger partial charge < -0.3 is 29.7 Å². The Labute approximate surface area is 204 Å². The number of carbonyl (C=O) groups is 1. The molecule has 4 rings (SSSR count). The van der Waals surface area contributed by atoms with E-state index >= 15 is 0 Å². The van der Waals surface area contributed by atoms with Gasteiger partial charge in [-0.15, -0.1) is 0 Å². The molecule has 1 amide bonds. The zero-order valence-electron chi connectivity index (χ0n) is 20.1. The van der Waals surface area contributed by atoms with E-state index in [0.29, 0.717) is 47.1 Å². The monoisotopic (exact) mass is 487 g/mol. The number of aromatic nitrogens is 2. The number of ether oxygens (including phenoxy) is 3. The number of halogens is 1. The molecule has 1 aromatic heterocycles. The second-order valence-electron chi connectivity index (χ2n) is 9.20. The Hall–Kier alpha value is -3.20. The van der Waals surface area contributed by atoms with Crippen LogP contribution in [0.25, 0.3) is 5.57 Å². The summed E-state index contributed by atoms with van der Waals surface area (Å²) < 4.78 is 17.0. The van der Waals surface area contributed by atoms with E-state index in [1.807, 2.05) is 39.8 Å². The molecular formula is C24H30ClN5O4. The van der Waals surface area contributed by atoms with E-state index in [-0.39, 0.29) is 12.9 Å². The van der Waals surface area contributed by atoms with Gasteiger partial charge in [0.05, 0.1) is 10.7 Å². The zero-order chi connectivity index (χ0) is 24.5. The summed E-state index contributed by atoms with van der Waals surface area (Å²) in [6, 6.07) is 3.65. The van der Waals surface area contributed by atoms with Gasteiger partial charge in [-0.3, -0.25) is 0 Å². The SMILES string of the molecule is CNc1cc(C)nc(Nc2cc3c(c(C4=CCN(C(=O)OC(C)(C)C)CCC4)c2Cl)OCO3)n1. The maximum absolute atomic E-state index is 12.6. The Morgan fingerprint density at radius 1 is 1.24 bits per heavy atom. The highest BCUT2D eigenvalue weighted by molar-refractivity contribution is 6.35. The molecular weight excluding hydrogens is 458 g/mol. The van der Waals surface area contributed by atoms with Crippen molar-refractivity contribution in [1.82, 2.24) is 14.9 Å². The number of benzene rings is 1. The molecule has 0 saturated heterocycles. The Morgan fingerprint density at radius 2 is 2.03 bits per heavy atom. The number of aryl methyl sites for hydroxylation is 1. The number of allylic oxidation sites excluding steroid dienone is 1. The van der Waals surface area contributed by atoms with Gasteiger partial charge in [-0.05, 0) is 46.1 Å². The molecule has 0 saturated carbocycles. The van der Waals surface area contributed by atoms with Crippen LogP contribution in [-0.4, -0.2) is 53.5 Å². The number of anilines is 3. The Kier molecular flexibility index (Phi) is 6.74. The molecule has 1 aromatic carbocycles. The lowest BCUT2D eigenvalue weighted by Gasteiger charge is -2.25. The van der Waals surface area contributed by atoms with Crippen LogP contribution in [0.5, 0.6) is 11.5 Å². The Morgan fingerprint density at radius 3 is 2.76 bits per heavy atom. The standard InChI is InChI=1S/C24H30ClN5O4/c1-14-11-18(26-5)29-22(27-14)28-16-12-17-21(33-13-32-17)19(20(16)25)15-7-6-9-30(10-8-15)23(31)34-24(2,3)4/h8,11-12H,6-7,9-10,13H2,1-5H3,(H2,26,27,28,29). The predicted octanol–water partition coefficient (Wildman–Crippen LogP) is 5.37. The van der Waals surface area contributed by atoms with Gasteiger partial charge in [0, 0.05) is 43.5 Å². The number of hydrogen-bond donors (Lipinski definition) is 2. The molecule has 10 heteroatoms. The third-order valence-corrected chi connectivity index (χ3v) is 5.75. The Balaban J connectivity index is 1.66. The third kappa shape index (κ3) is 5.30. The molecule has 0 bridgehead atoms. The number of fused-ring (bicyclic) bond motifs is 1. The minimum absolute atomic E-state index is 0.115. The normalized spacial score (nSPS) is 15.5. The van der Waals surface area contributed by atoms with Crippen LogP contribution >= 0.6 is 11.6 Å². The molecule has 182 valence electrons. The molecule has 0 fully saturated rings. The minimum atomic E-state index is -0.545. The Bertz CT molecular complexity index is 1130. The van der Waals surface area contributed by atoms with E-state index in [9.17, 15) is 4.79 Å². The molecule has 0 unspecified atom stereocenters. The smallest absolute Gasteiger partial charge is 0.410 e. The fourth-order valence-corrected chi connectivity index (χ4v) is 4.17.